The van der Waals surface area contributed by atoms with Crippen molar-refractivity contribution in [3.05, 3.63) is 57.5 Å². The van der Waals surface area contributed by atoms with Crippen molar-refractivity contribution < 1.29 is 4.74 Å². The lowest BCUT2D eigenvalue weighted by atomic mass is 10.2. The quantitative estimate of drug-likeness (QED) is 0.738. The van der Waals surface area contributed by atoms with E-state index in [4.69, 9.17) is 4.74 Å². The highest BCUT2D eigenvalue weighted by atomic mass is 32.1. The van der Waals surface area contributed by atoms with Gasteiger partial charge < -0.3 is 4.74 Å². The van der Waals surface area contributed by atoms with E-state index in [2.05, 4.69) is 9.97 Å². The standard InChI is InChI=1S/C14H13N3O2S/c1-19-12(13-3-2-6-20-13)8-17-9-16-11-4-5-15-7-10(11)14(17)18/h2-7,9,12H,8H2,1H3. The Kier molecular flexibility index (Phi) is 3.58. The number of ether oxygens (including phenoxy) is 1. The van der Waals surface area contributed by atoms with Gasteiger partial charge in [0.05, 0.1) is 23.8 Å². The van der Waals surface area contributed by atoms with Crippen LogP contribution in [0, 0.1) is 0 Å². The summed E-state index contributed by atoms with van der Waals surface area (Å²) in [7, 11) is 1.64. The average molecular weight is 287 g/mol. The predicted octanol–water partition coefficient (Wildman–Crippen LogP) is 2.24. The molecular formula is C14H13N3O2S. The summed E-state index contributed by atoms with van der Waals surface area (Å²) in [6.07, 6.45) is 4.59. The van der Waals surface area contributed by atoms with Gasteiger partial charge in [-0.25, -0.2) is 4.98 Å². The lowest BCUT2D eigenvalue weighted by Gasteiger charge is -2.15. The van der Waals surface area contributed by atoms with E-state index in [1.807, 2.05) is 17.5 Å². The SMILES string of the molecule is COC(Cn1cnc2ccncc2c1=O)c1cccs1. The Bertz CT molecular complexity index is 767. The topological polar surface area (TPSA) is 57.0 Å². The van der Waals surface area contributed by atoms with Crippen LogP contribution in [0.3, 0.4) is 0 Å². The van der Waals surface area contributed by atoms with Crippen LogP contribution in [0.2, 0.25) is 0 Å². The van der Waals surface area contributed by atoms with Crippen molar-refractivity contribution in [1.29, 1.82) is 0 Å². The Morgan fingerprint density at radius 2 is 2.35 bits per heavy atom. The molecule has 3 aromatic rings. The number of methoxy groups -OCH3 is 1. The Morgan fingerprint density at radius 3 is 3.10 bits per heavy atom. The van der Waals surface area contributed by atoms with E-state index < -0.39 is 0 Å². The zero-order valence-electron chi connectivity index (χ0n) is 10.9. The molecule has 6 heteroatoms. The van der Waals surface area contributed by atoms with Gasteiger partial charge in [0.15, 0.2) is 0 Å². The fourth-order valence-corrected chi connectivity index (χ4v) is 2.86. The molecule has 0 aliphatic carbocycles. The van der Waals surface area contributed by atoms with E-state index in [1.54, 1.807) is 47.8 Å². The Balaban J connectivity index is 1.98. The number of rotatable bonds is 4. The minimum Gasteiger partial charge on any atom is -0.374 e. The van der Waals surface area contributed by atoms with Crippen molar-refractivity contribution in [3.8, 4) is 0 Å². The highest BCUT2D eigenvalue weighted by Crippen LogP contribution is 2.23. The van der Waals surface area contributed by atoms with E-state index in [-0.39, 0.29) is 11.7 Å². The smallest absolute Gasteiger partial charge is 0.262 e. The maximum atomic E-state index is 12.4. The summed E-state index contributed by atoms with van der Waals surface area (Å²) < 4.78 is 7.04. The summed E-state index contributed by atoms with van der Waals surface area (Å²) >= 11 is 1.61. The molecule has 3 rings (SSSR count). The predicted molar refractivity (Wildman–Crippen MR) is 77.9 cm³/mol. The number of nitrogens with zero attached hydrogens (tertiary/aromatic N) is 3. The van der Waals surface area contributed by atoms with Crippen LogP contribution in [-0.4, -0.2) is 21.6 Å². The van der Waals surface area contributed by atoms with Gasteiger partial charge in [-0.05, 0) is 17.5 Å². The monoisotopic (exact) mass is 287 g/mol. The first-order valence-corrected chi connectivity index (χ1v) is 7.03. The van der Waals surface area contributed by atoms with Crippen molar-refractivity contribution >= 4 is 22.2 Å². The van der Waals surface area contributed by atoms with Crippen molar-refractivity contribution in [2.75, 3.05) is 7.11 Å². The highest BCUT2D eigenvalue weighted by molar-refractivity contribution is 7.10. The molecule has 0 N–H and O–H groups in total. The van der Waals surface area contributed by atoms with Gasteiger partial charge in [0.2, 0.25) is 0 Å². The fraction of sp³-hybridized carbons (Fsp3) is 0.214. The molecule has 3 aromatic heterocycles. The second-order valence-electron chi connectivity index (χ2n) is 4.33. The third-order valence-corrected chi connectivity index (χ3v) is 4.10. The van der Waals surface area contributed by atoms with Gasteiger partial charge in [0, 0.05) is 24.4 Å². The number of pyridine rings is 1. The van der Waals surface area contributed by atoms with Crippen LogP contribution in [0.1, 0.15) is 11.0 Å². The van der Waals surface area contributed by atoms with E-state index in [9.17, 15) is 4.79 Å². The third-order valence-electron chi connectivity index (χ3n) is 3.13. The summed E-state index contributed by atoms with van der Waals surface area (Å²) in [5.41, 5.74) is 0.563. The number of thiophene rings is 1. The molecule has 0 fully saturated rings. The van der Waals surface area contributed by atoms with Gasteiger partial charge in [0.25, 0.3) is 5.56 Å². The lowest BCUT2D eigenvalue weighted by molar-refractivity contribution is 0.0897. The maximum Gasteiger partial charge on any atom is 0.262 e. The summed E-state index contributed by atoms with van der Waals surface area (Å²) in [6.45, 7) is 0.438. The molecule has 20 heavy (non-hydrogen) atoms. The van der Waals surface area contributed by atoms with Crippen molar-refractivity contribution in [2.45, 2.75) is 12.6 Å². The van der Waals surface area contributed by atoms with Crippen molar-refractivity contribution in [3.63, 3.8) is 0 Å². The molecule has 3 heterocycles. The molecular weight excluding hydrogens is 274 g/mol. The summed E-state index contributed by atoms with van der Waals surface area (Å²) in [6, 6.07) is 5.70. The molecule has 0 spiro atoms. The van der Waals surface area contributed by atoms with Crippen LogP contribution in [0.5, 0.6) is 0 Å². The maximum absolute atomic E-state index is 12.4. The fourth-order valence-electron chi connectivity index (χ4n) is 2.07. The van der Waals surface area contributed by atoms with Crippen molar-refractivity contribution in [1.82, 2.24) is 14.5 Å². The lowest BCUT2D eigenvalue weighted by Crippen LogP contribution is -2.24. The van der Waals surface area contributed by atoms with Gasteiger partial charge in [-0.2, -0.15) is 0 Å². The first kappa shape index (κ1) is 13.0. The summed E-state index contributed by atoms with van der Waals surface area (Å²) in [4.78, 5) is 21.7. The number of aromatic nitrogens is 3. The van der Waals surface area contributed by atoms with E-state index >= 15 is 0 Å². The Labute approximate surface area is 119 Å². The molecule has 0 saturated carbocycles. The summed E-state index contributed by atoms with van der Waals surface area (Å²) in [5, 5.41) is 2.52. The van der Waals surface area contributed by atoms with E-state index in [0.29, 0.717) is 17.4 Å². The Morgan fingerprint density at radius 1 is 1.45 bits per heavy atom. The molecule has 102 valence electrons. The van der Waals surface area contributed by atoms with Gasteiger partial charge in [0.1, 0.15) is 6.10 Å². The molecule has 0 saturated heterocycles. The Hall–Kier alpha value is -2.05. The average Bonchev–Trinajstić information content (AvgIpc) is 3.01. The van der Waals surface area contributed by atoms with Gasteiger partial charge in [-0.15, -0.1) is 11.3 Å². The van der Waals surface area contributed by atoms with E-state index in [1.165, 1.54) is 0 Å². The van der Waals surface area contributed by atoms with Crippen LogP contribution in [0.4, 0.5) is 0 Å². The minimum atomic E-state index is -0.149. The molecule has 0 radical (unpaired) electrons. The molecule has 0 aliphatic rings. The minimum absolute atomic E-state index is 0.0956. The molecule has 5 nitrogen and oxygen atoms in total. The van der Waals surface area contributed by atoms with Gasteiger partial charge in [-0.3, -0.25) is 14.3 Å². The normalized spacial score (nSPS) is 12.7. The first-order chi connectivity index (χ1) is 9.79. The molecule has 0 aromatic carbocycles. The van der Waals surface area contributed by atoms with Crippen LogP contribution in [0.25, 0.3) is 10.9 Å². The second-order valence-corrected chi connectivity index (χ2v) is 5.31. The van der Waals surface area contributed by atoms with Crippen LogP contribution in [-0.2, 0) is 11.3 Å². The number of hydrogen-bond donors (Lipinski definition) is 0. The van der Waals surface area contributed by atoms with Crippen LogP contribution in [0.15, 0.2) is 47.1 Å². The summed E-state index contributed by atoms with van der Waals surface area (Å²) in [5.74, 6) is 0. The van der Waals surface area contributed by atoms with Gasteiger partial charge >= 0.3 is 0 Å². The zero-order chi connectivity index (χ0) is 13.9. The number of hydrogen-bond acceptors (Lipinski definition) is 5. The third kappa shape index (κ3) is 2.35. The molecule has 1 atom stereocenters. The van der Waals surface area contributed by atoms with Crippen LogP contribution >= 0.6 is 11.3 Å². The highest BCUT2D eigenvalue weighted by Gasteiger charge is 2.14. The zero-order valence-corrected chi connectivity index (χ0v) is 11.7. The molecule has 0 aliphatic heterocycles. The molecule has 1 unspecified atom stereocenters. The molecule has 0 amide bonds. The second kappa shape index (κ2) is 5.52. The van der Waals surface area contributed by atoms with Gasteiger partial charge in [-0.1, -0.05) is 6.07 Å². The first-order valence-electron chi connectivity index (χ1n) is 6.15. The number of fused-ring (bicyclic) bond motifs is 1. The molecule has 0 bridgehead atoms. The van der Waals surface area contributed by atoms with Crippen molar-refractivity contribution in [2.24, 2.45) is 0 Å². The van der Waals surface area contributed by atoms with Crippen LogP contribution < -0.4 is 5.56 Å². The van der Waals surface area contributed by atoms with E-state index in [0.717, 1.165) is 4.88 Å². The largest absolute Gasteiger partial charge is 0.374 e.